The van der Waals surface area contributed by atoms with Gasteiger partial charge in [-0.3, -0.25) is 9.78 Å². The molecule has 0 atom stereocenters. The Morgan fingerprint density at radius 1 is 1.56 bits per heavy atom. The summed E-state index contributed by atoms with van der Waals surface area (Å²) < 4.78 is 0.931. The average Bonchev–Trinajstić information content (AvgIpc) is 2.83. The first-order valence-corrected chi connectivity index (χ1v) is 6.67. The maximum atomic E-state index is 12.2. The van der Waals surface area contributed by atoms with Crippen LogP contribution in [0, 0.1) is 11.3 Å². The predicted octanol–water partition coefficient (Wildman–Crippen LogP) is 3.05. The SMILES string of the molecule is CN(C(=O)c1cc(C#N)ccn1)c1cc(Br)cs1. The van der Waals surface area contributed by atoms with E-state index in [-0.39, 0.29) is 11.6 Å². The van der Waals surface area contributed by atoms with Crippen molar-refractivity contribution < 1.29 is 4.79 Å². The van der Waals surface area contributed by atoms with E-state index in [2.05, 4.69) is 20.9 Å². The minimum absolute atomic E-state index is 0.235. The minimum Gasteiger partial charge on any atom is -0.301 e. The molecule has 4 nitrogen and oxygen atoms in total. The molecular weight excluding hydrogens is 314 g/mol. The first-order valence-electron chi connectivity index (χ1n) is 5.00. The number of amides is 1. The second kappa shape index (κ2) is 5.29. The van der Waals surface area contributed by atoms with Crippen LogP contribution in [0.25, 0.3) is 0 Å². The molecule has 90 valence electrons. The van der Waals surface area contributed by atoms with E-state index in [1.165, 1.54) is 28.5 Å². The lowest BCUT2D eigenvalue weighted by Gasteiger charge is -2.14. The summed E-state index contributed by atoms with van der Waals surface area (Å²) in [5.41, 5.74) is 0.690. The molecule has 0 aromatic carbocycles. The molecule has 0 bridgehead atoms. The van der Waals surface area contributed by atoms with E-state index in [1.54, 1.807) is 13.1 Å². The number of aromatic nitrogens is 1. The van der Waals surface area contributed by atoms with E-state index in [0.717, 1.165) is 9.47 Å². The van der Waals surface area contributed by atoms with E-state index in [4.69, 9.17) is 5.26 Å². The Kier molecular flexibility index (Phi) is 3.75. The monoisotopic (exact) mass is 321 g/mol. The number of carbonyl (C=O) groups excluding carboxylic acids is 1. The van der Waals surface area contributed by atoms with E-state index in [9.17, 15) is 4.79 Å². The van der Waals surface area contributed by atoms with Crippen molar-refractivity contribution in [3.63, 3.8) is 0 Å². The number of anilines is 1. The largest absolute Gasteiger partial charge is 0.301 e. The summed E-state index contributed by atoms with van der Waals surface area (Å²) in [6, 6.07) is 6.90. The highest BCUT2D eigenvalue weighted by molar-refractivity contribution is 9.10. The lowest BCUT2D eigenvalue weighted by Crippen LogP contribution is -2.26. The fourth-order valence-electron chi connectivity index (χ4n) is 1.37. The van der Waals surface area contributed by atoms with Crippen LogP contribution in [-0.2, 0) is 0 Å². The molecule has 2 aromatic heterocycles. The molecule has 2 aromatic rings. The molecular formula is C12H8BrN3OS. The smallest absolute Gasteiger partial charge is 0.277 e. The highest BCUT2D eigenvalue weighted by atomic mass is 79.9. The minimum atomic E-state index is -0.235. The normalized spacial score (nSPS) is 9.83. The van der Waals surface area contributed by atoms with Crippen molar-refractivity contribution in [3.8, 4) is 6.07 Å². The fourth-order valence-corrected chi connectivity index (χ4v) is 2.75. The topological polar surface area (TPSA) is 57.0 Å². The second-order valence-electron chi connectivity index (χ2n) is 3.51. The predicted molar refractivity (Wildman–Crippen MR) is 73.7 cm³/mol. The highest BCUT2D eigenvalue weighted by Gasteiger charge is 2.16. The molecule has 0 aliphatic carbocycles. The number of nitriles is 1. The van der Waals surface area contributed by atoms with Crippen LogP contribution in [-0.4, -0.2) is 17.9 Å². The van der Waals surface area contributed by atoms with Gasteiger partial charge in [-0.1, -0.05) is 0 Å². The van der Waals surface area contributed by atoms with E-state index in [0.29, 0.717) is 5.56 Å². The number of nitrogens with zero attached hydrogens (tertiary/aromatic N) is 3. The Labute approximate surface area is 117 Å². The van der Waals surface area contributed by atoms with Crippen LogP contribution in [0.4, 0.5) is 5.00 Å². The number of halogens is 1. The van der Waals surface area contributed by atoms with E-state index < -0.39 is 0 Å². The first-order chi connectivity index (χ1) is 8.61. The molecule has 6 heteroatoms. The fraction of sp³-hybridized carbons (Fsp3) is 0.0833. The third kappa shape index (κ3) is 2.58. The molecule has 0 radical (unpaired) electrons. The quantitative estimate of drug-likeness (QED) is 0.854. The number of hydrogen-bond donors (Lipinski definition) is 0. The van der Waals surface area contributed by atoms with Crippen LogP contribution >= 0.6 is 27.3 Å². The van der Waals surface area contributed by atoms with Crippen LogP contribution in [0.3, 0.4) is 0 Å². The Bertz CT molecular complexity index is 632. The van der Waals surface area contributed by atoms with Crippen LogP contribution in [0.1, 0.15) is 16.1 Å². The van der Waals surface area contributed by atoms with Gasteiger partial charge in [0.25, 0.3) is 5.91 Å². The molecule has 18 heavy (non-hydrogen) atoms. The lowest BCUT2D eigenvalue weighted by atomic mass is 10.2. The average molecular weight is 322 g/mol. The third-order valence-corrected chi connectivity index (χ3v) is 4.06. The Balaban J connectivity index is 2.28. The zero-order chi connectivity index (χ0) is 13.1. The summed E-state index contributed by atoms with van der Waals surface area (Å²) in [4.78, 5) is 17.7. The summed E-state index contributed by atoms with van der Waals surface area (Å²) >= 11 is 4.80. The summed E-state index contributed by atoms with van der Waals surface area (Å²) in [5.74, 6) is -0.235. The summed E-state index contributed by atoms with van der Waals surface area (Å²) in [6.45, 7) is 0. The number of thiophene rings is 1. The molecule has 0 unspecified atom stereocenters. The maximum absolute atomic E-state index is 12.2. The molecule has 0 spiro atoms. The van der Waals surface area contributed by atoms with Gasteiger partial charge in [0.2, 0.25) is 0 Å². The maximum Gasteiger partial charge on any atom is 0.277 e. The van der Waals surface area contributed by atoms with Gasteiger partial charge in [-0.05, 0) is 34.1 Å². The van der Waals surface area contributed by atoms with Gasteiger partial charge in [0.05, 0.1) is 16.6 Å². The zero-order valence-electron chi connectivity index (χ0n) is 9.42. The van der Waals surface area contributed by atoms with Crippen molar-refractivity contribution in [2.75, 3.05) is 11.9 Å². The number of carbonyl (C=O) groups is 1. The molecule has 0 saturated carbocycles. The second-order valence-corrected chi connectivity index (χ2v) is 5.31. The molecule has 1 amide bonds. The van der Waals surface area contributed by atoms with Crippen molar-refractivity contribution in [2.24, 2.45) is 0 Å². The summed E-state index contributed by atoms with van der Waals surface area (Å²) in [7, 11) is 1.68. The highest BCUT2D eigenvalue weighted by Crippen LogP contribution is 2.28. The molecule has 0 saturated heterocycles. The van der Waals surface area contributed by atoms with Crippen molar-refractivity contribution >= 4 is 38.2 Å². The van der Waals surface area contributed by atoms with Gasteiger partial charge in [-0.25, -0.2) is 0 Å². The van der Waals surface area contributed by atoms with Gasteiger partial charge in [0, 0.05) is 23.1 Å². The molecule has 0 aliphatic rings. The van der Waals surface area contributed by atoms with Crippen molar-refractivity contribution in [2.45, 2.75) is 0 Å². The van der Waals surface area contributed by atoms with Gasteiger partial charge in [0.1, 0.15) is 5.69 Å². The van der Waals surface area contributed by atoms with Gasteiger partial charge < -0.3 is 4.90 Å². The van der Waals surface area contributed by atoms with E-state index >= 15 is 0 Å². The van der Waals surface area contributed by atoms with Gasteiger partial charge >= 0.3 is 0 Å². The molecule has 2 heterocycles. The Hall–Kier alpha value is -1.71. The number of pyridine rings is 1. The van der Waals surface area contributed by atoms with Crippen LogP contribution < -0.4 is 4.90 Å². The van der Waals surface area contributed by atoms with Crippen LogP contribution in [0.2, 0.25) is 0 Å². The summed E-state index contributed by atoms with van der Waals surface area (Å²) in [5, 5.41) is 11.5. The molecule has 2 rings (SSSR count). The number of hydrogen-bond acceptors (Lipinski definition) is 4. The number of rotatable bonds is 2. The third-order valence-electron chi connectivity index (χ3n) is 2.30. The lowest BCUT2D eigenvalue weighted by molar-refractivity contribution is 0.0989. The van der Waals surface area contributed by atoms with Crippen molar-refractivity contribution in [1.29, 1.82) is 5.26 Å². The van der Waals surface area contributed by atoms with Crippen molar-refractivity contribution in [1.82, 2.24) is 4.98 Å². The van der Waals surface area contributed by atoms with Gasteiger partial charge in [-0.15, -0.1) is 11.3 Å². The zero-order valence-corrected chi connectivity index (χ0v) is 11.8. The van der Waals surface area contributed by atoms with E-state index in [1.807, 2.05) is 17.5 Å². The van der Waals surface area contributed by atoms with Gasteiger partial charge in [-0.2, -0.15) is 5.26 Å². The van der Waals surface area contributed by atoms with Crippen LogP contribution in [0.15, 0.2) is 34.2 Å². The van der Waals surface area contributed by atoms with Crippen LogP contribution in [0.5, 0.6) is 0 Å². The standard InChI is InChI=1S/C12H8BrN3OS/c1-16(11-5-9(13)7-18-11)12(17)10-4-8(6-14)2-3-15-10/h2-5,7H,1H3. The molecule has 0 N–H and O–H groups in total. The summed E-state index contributed by atoms with van der Waals surface area (Å²) in [6.07, 6.45) is 1.46. The van der Waals surface area contributed by atoms with Gasteiger partial charge in [0.15, 0.2) is 0 Å². The molecule has 0 fully saturated rings. The first kappa shape index (κ1) is 12.7. The van der Waals surface area contributed by atoms with Crippen molar-refractivity contribution in [3.05, 3.63) is 45.5 Å². The Morgan fingerprint density at radius 3 is 2.94 bits per heavy atom. The molecule has 0 aliphatic heterocycles. The Morgan fingerprint density at radius 2 is 2.33 bits per heavy atom.